The van der Waals surface area contributed by atoms with Gasteiger partial charge in [0.15, 0.2) is 11.5 Å². The van der Waals surface area contributed by atoms with Crippen LogP contribution in [0.3, 0.4) is 0 Å². The summed E-state index contributed by atoms with van der Waals surface area (Å²) in [6.07, 6.45) is 0.801. The van der Waals surface area contributed by atoms with Gasteiger partial charge in [-0.1, -0.05) is 47.8 Å². The maximum absolute atomic E-state index is 12.8. The normalized spacial score (nSPS) is 10.5. The lowest BCUT2D eigenvalue weighted by molar-refractivity contribution is -0.116. The highest BCUT2D eigenvalue weighted by atomic mass is 35.5. The van der Waals surface area contributed by atoms with Crippen LogP contribution in [0.2, 0.25) is 15.1 Å². The Hall–Kier alpha value is -2.15. The molecule has 0 aliphatic heterocycles. The maximum atomic E-state index is 12.8. The summed E-state index contributed by atoms with van der Waals surface area (Å²) in [6, 6.07) is 7.94. The van der Waals surface area contributed by atoms with E-state index in [0.29, 0.717) is 40.4 Å². The van der Waals surface area contributed by atoms with Crippen molar-refractivity contribution in [2.45, 2.75) is 20.3 Å². The molecule has 0 saturated carbocycles. The number of carbonyl (C=O) groups excluding carboxylic acids is 2. The molecule has 2 aromatic rings. The minimum absolute atomic E-state index is 0.212. The van der Waals surface area contributed by atoms with Gasteiger partial charge in [-0.2, -0.15) is 0 Å². The minimum atomic E-state index is -0.445. The van der Waals surface area contributed by atoms with Gasteiger partial charge < -0.3 is 19.7 Å². The molecular formula is C21H23Cl3N2O4. The molecular weight excluding hydrogens is 451 g/mol. The van der Waals surface area contributed by atoms with E-state index in [0.717, 1.165) is 6.42 Å². The molecule has 0 radical (unpaired) electrons. The van der Waals surface area contributed by atoms with Gasteiger partial charge in [-0.25, -0.2) is 0 Å². The predicted octanol–water partition coefficient (Wildman–Crippen LogP) is 5.55. The summed E-state index contributed by atoms with van der Waals surface area (Å²) in [5, 5.41) is 3.50. The third-order valence-electron chi connectivity index (χ3n) is 3.96. The lowest BCUT2D eigenvalue weighted by Gasteiger charge is -2.19. The van der Waals surface area contributed by atoms with Crippen molar-refractivity contribution in [2.75, 3.05) is 32.1 Å². The van der Waals surface area contributed by atoms with Gasteiger partial charge in [0, 0.05) is 12.6 Å². The van der Waals surface area contributed by atoms with Gasteiger partial charge in [0.25, 0.3) is 5.91 Å². The predicted molar refractivity (Wildman–Crippen MR) is 120 cm³/mol. The maximum Gasteiger partial charge on any atom is 0.254 e. The van der Waals surface area contributed by atoms with Crippen LogP contribution < -0.4 is 14.8 Å². The van der Waals surface area contributed by atoms with E-state index in [-0.39, 0.29) is 17.1 Å². The third kappa shape index (κ3) is 6.17. The molecule has 0 spiro atoms. The second-order valence-electron chi connectivity index (χ2n) is 6.37. The van der Waals surface area contributed by atoms with Crippen LogP contribution in [0.4, 0.5) is 5.69 Å². The number of anilines is 1. The average Bonchev–Trinajstić information content (AvgIpc) is 2.69. The second-order valence-corrected chi connectivity index (χ2v) is 7.59. The standard InChI is InChI=1S/C21H23Cl3N2O4/c1-4-9-30-20-16(24)10-13(11-17(20)29-5-2)21(28)26(3)12-18(27)25-19-14(22)7-6-8-15(19)23/h6-8,10-11H,4-5,9,12H2,1-3H3,(H,25,27). The van der Waals surface area contributed by atoms with Crippen molar-refractivity contribution in [2.24, 2.45) is 0 Å². The highest BCUT2D eigenvalue weighted by molar-refractivity contribution is 6.39. The number of nitrogens with one attached hydrogen (secondary N) is 1. The van der Waals surface area contributed by atoms with Crippen molar-refractivity contribution >= 4 is 52.3 Å². The number of carbonyl (C=O) groups is 2. The number of para-hydroxylation sites is 1. The van der Waals surface area contributed by atoms with E-state index in [4.69, 9.17) is 44.3 Å². The van der Waals surface area contributed by atoms with Crippen LogP contribution in [0.1, 0.15) is 30.6 Å². The number of nitrogens with zero attached hydrogens (tertiary/aromatic N) is 1. The van der Waals surface area contributed by atoms with Gasteiger partial charge in [-0.05, 0) is 37.6 Å². The summed E-state index contributed by atoms with van der Waals surface area (Å²) in [6.45, 7) is 4.44. The van der Waals surface area contributed by atoms with Crippen LogP contribution in [-0.2, 0) is 4.79 Å². The van der Waals surface area contributed by atoms with Gasteiger partial charge in [0.05, 0.1) is 40.5 Å². The largest absolute Gasteiger partial charge is 0.490 e. The van der Waals surface area contributed by atoms with Gasteiger partial charge in [0.2, 0.25) is 5.91 Å². The Balaban J connectivity index is 2.15. The zero-order valence-corrected chi connectivity index (χ0v) is 19.2. The van der Waals surface area contributed by atoms with Crippen LogP contribution in [0.15, 0.2) is 30.3 Å². The number of likely N-dealkylation sites (N-methyl/N-ethyl adjacent to an activating group) is 1. The Morgan fingerprint density at radius 3 is 2.30 bits per heavy atom. The molecule has 0 bridgehead atoms. The molecule has 30 heavy (non-hydrogen) atoms. The van der Waals surface area contributed by atoms with Crippen molar-refractivity contribution in [3.8, 4) is 11.5 Å². The molecule has 2 amide bonds. The van der Waals surface area contributed by atoms with Gasteiger partial charge in [-0.15, -0.1) is 0 Å². The SMILES string of the molecule is CCCOc1c(Cl)cc(C(=O)N(C)CC(=O)Nc2c(Cl)cccc2Cl)cc1OCC. The molecule has 0 saturated heterocycles. The van der Waals surface area contributed by atoms with Crippen molar-refractivity contribution < 1.29 is 19.1 Å². The number of amides is 2. The number of hydrogen-bond acceptors (Lipinski definition) is 4. The highest BCUT2D eigenvalue weighted by Crippen LogP contribution is 2.37. The molecule has 162 valence electrons. The monoisotopic (exact) mass is 472 g/mol. The quantitative estimate of drug-likeness (QED) is 0.519. The molecule has 0 unspecified atom stereocenters. The summed E-state index contributed by atoms with van der Waals surface area (Å²) >= 11 is 18.4. The zero-order valence-electron chi connectivity index (χ0n) is 16.9. The summed E-state index contributed by atoms with van der Waals surface area (Å²) in [5.74, 6) is -0.0756. The van der Waals surface area contributed by atoms with E-state index in [2.05, 4.69) is 5.32 Å². The lowest BCUT2D eigenvalue weighted by Crippen LogP contribution is -2.35. The van der Waals surface area contributed by atoms with Crippen LogP contribution in [0.25, 0.3) is 0 Å². The summed E-state index contributed by atoms with van der Waals surface area (Å²) in [4.78, 5) is 26.5. The fourth-order valence-electron chi connectivity index (χ4n) is 2.60. The summed E-state index contributed by atoms with van der Waals surface area (Å²) < 4.78 is 11.2. The molecule has 0 aliphatic carbocycles. The topological polar surface area (TPSA) is 67.9 Å². The lowest BCUT2D eigenvalue weighted by atomic mass is 10.1. The fourth-order valence-corrected chi connectivity index (χ4v) is 3.36. The third-order valence-corrected chi connectivity index (χ3v) is 4.87. The summed E-state index contributed by atoms with van der Waals surface area (Å²) in [5.41, 5.74) is 0.573. The van der Waals surface area contributed by atoms with Crippen LogP contribution in [0, 0.1) is 0 Å². The molecule has 0 atom stereocenters. The Morgan fingerprint density at radius 2 is 1.70 bits per heavy atom. The Labute approximate surface area is 191 Å². The first-order chi connectivity index (χ1) is 14.3. The molecule has 0 fully saturated rings. The smallest absolute Gasteiger partial charge is 0.254 e. The van der Waals surface area contributed by atoms with E-state index in [1.54, 1.807) is 24.3 Å². The van der Waals surface area contributed by atoms with E-state index < -0.39 is 11.8 Å². The van der Waals surface area contributed by atoms with E-state index in [1.807, 2.05) is 13.8 Å². The molecule has 6 nitrogen and oxygen atoms in total. The number of ether oxygens (including phenoxy) is 2. The molecule has 2 aromatic carbocycles. The molecule has 1 N–H and O–H groups in total. The van der Waals surface area contributed by atoms with Crippen molar-refractivity contribution in [3.63, 3.8) is 0 Å². The first kappa shape index (κ1) is 24.1. The van der Waals surface area contributed by atoms with Crippen LogP contribution in [-0.4, -0.2) is 43.5 Å². The Morgan fingerprint density at radius 1 is 1.03 bits per heavy atom. The molecule has 0 aliphatic rings. The van der Waals surface area contributed by atoms with Gasteiger partial charge in [-0.3, -0.25) is 9.59 Å². The summed E-state index contributed by atoms with van der Waals surface area (Å²) in [7, 11) is 1.51. The van der Waals surface area contributed by atoms with Crippen LogP contribution in [0.5, 0.6) is 11.5 Å². The highest BCUT2D eigenvalue weighted by Gasteiger charge is 2.21. The van der Waals surface area contributed by atoms with E-state index in [1.165, 1.54) is 18.0 Å². The number of rotatable bonds is 9. The molecule has 9 heteroatoms. The van der Waals surface area contributed by atoms with E-state index >= 15 is 0 Å². The Kier molecular flexibility index (Phi) is 9.08. The van der Waals surface area contributed by atoms with E-state index in [9.17, 15) is 9.59 Å². The number of benzene rings is 2. The first-order valence-corrected chi connectivity index (χ1v) is 10.5. The molecule has 2 rings (SSSR count). The van der Waals surface area contributed by atoms with Crippen LogP contribution >= 0.6 is 34.8 Å². The van der Waals surface area contributed by atoms with Gasteiger partial charge >= 0.3 is 0 Å². The first-order valence-electron chi connectivity index (χ1n) is 9.36. The van der Waals surface area contributed by atoms with Crippen molar-refractivity contribution in [3.05, 3.63) is 51.0 Å². The van der Waals surface area contributed by atoms with Crippen molar-refractivity contribution in [1.82, 2.24) is 4.90 Å². The fraction of sp³-hybridized carbons (Fsp3) is 0.333. The minimum Gasteiger partial charge on any atom is -0.490 e. The van der Waals surface area contributed by atoms with Gasteiger partial charge in [0.1, 0.15) is 0 Å². The Bertz CT molecular complexity index is 901. The van der Waals surface area contributed by atoms with Crippen molar-refractivity contribution in [1.29, 1.82) is 0 Å². The number of hydrogen-bond donors (Lipinski definition) is 1. The zero-order chi connectivity index (χ0) is 22.3. The molecule has 0 heterocycles. The average molecular weight is 474 g/mol. The second kappa shape index (κ2) is 11.3. The molecule has 0 aromatic heterocycles. The number of halogens is 3.